The Balaban J connectivity index is 1.71. The number of pyridine rings is 1. The molecule has 1 aromatic carbocycles. The number of carbonyl (C=O) groups is 1. The van der Waals surface area contributed by atoms with Crippen molar-refractivity contribution in [1.82, 2.24) is 4.98 Å². The second-order valence-electron chi connectivity index (χ2n) is 5.75. The maximum atomic E-state index is 12.8. The van der Waals surface area contributed by atoms with E-state index in [9.17, 15) is 18.0 Å². The highest BCUT2D eigenvalue weighted by molar-refractivity contribution is 5.94. The van der Waals surface area contributed by atoms with Gasteiger partial charge in [0.15, 0.2) is 0 Å². The zero-order chi connectivity index (χ0) is 18.6. The third-order valence-electron chi connectivity index (χ3n) is 3.94. The number of halogens is 3. The van der Waals surface area contributed by atoms with E-state index in [-0.39, 0.29) is 17.7 Å². The first kappa shape index (κ1) is 18.2. The highest BCUT2D eigenvalue weighted by Crippen LogP contribution is 2.29. The molecule has 0 saturated carbocycles. The first-order valence-electron chi connectivity index (χ1n) is 8.06. The smallest absolute Gasteiger partial charge is 0.416 e. The van der Waals surface area contributed by atoms with Crippen molar-refractivity contribution in [2.24, 2.45) is 0 Å². The Morgan fingerprint density at radius 2 is 1.96 bits per heavy atom. The summed E-state index contributed by atoms with van der Waals surface area (Å²) in [6, 6.07) is 7.92. The number of hydrogen-bond donors (Lipinski definition) is 0. The number of rotatable bonds is 4. The Labute approximate surface area is 148 Å². The molecule has 0 unspecified atom stereocenters. The number of esters is 1. The molecule has 5 nitrogen and oxygen atoms in total. The first-order chi connectivity index (χ1) is 12.4. The molecule has 1 aliphatic rings. The summed E-state index contributed by atoms with van der Waals surface area (Å²) in [5, 5.41) is 0. The van der Waals surface area contributed by atoms with Gasteiger partial charge in [0.25, 0.3) is 0 Å². The minimum absolute atomic E-state index is 0.250. The van der Waals surface area contributed by atoms with Gasteiger partial charge in [-0.15, -0.1) is 0 Å². The van der Waals surface area contributed by atoms with Crippen LogP contribution in [0, 0.1) is 0 Å². The molecule has 1 aliphatic heterocycles. The van der Waals surface area contributed by atoms with Gasteiger partial charge in [0, 0.05) is 19.3 Å². The maximum absolute atomic E-state index is 12.8. The van der Waals surface area contributed by atoms with Crippen molar-refractivity contribution in [3.63, 3.8) is 0 Å². The van der Waals surface area contributed by atoms with Crippen molar-refractivity contribution >= 4 is 11.8 Å². The quantitative estimate of drug-likeness (QED) is 0.778. The Hall–Kier alpha value is -2.61. The van der Waals surface area contributed by atoms with E-state index in [0.29, 0.717) is 32.1 Å². The van der Waals surface area contributed by atoms with E-state index in [1.165, 1.54) is 12.1 Å². The zero-order valence-electron chi connectivity index (χ0n) is 13.8. The van der Waals surface area contributed by atoms with Crippen LogP contribution in [-0.2, 0) is 22.3 Å². The van der Waals surface area contributed by atoms with E-state index in [2.05, 4.69) is 4.98 Å². The molecule has 0 spiro atoms. The first-order valence-corrected chi connectivity index (χ1v) is 8.06. The highest BCUT2D eigenvalue weighted by atomic mass is 19.4. The van der Waals surface area contributed by atoms with E-state index in [1.54, 1.807) is 18.3 Å². The summed E-state index contributed by atoms with van der Waals surface area (Å²) in [5.74, 6) is -0.137. The molecule has 1 fully saturated rings. The predicted molar refractivity (Wildman–Crippen MR) is 87.8 cm³/mol. The lowest BCUT2D eigenvalue weighted by Gasteiger charge is -2.28. The molecular weight excluding hydrogens is 349 g/mol. The summed E-state index contributed by atoms with van der Waals surface area (Å²) in [7, 11) is 0. The van der Waals surface area contributed by atoms with Crippen LogP contribution in [0.25, 0.3) is 0 Å². The van der Waals surface area contributed by atoms with E-state index >= 15 is 0 Å². The molecular formula is C18H17F3N2O3. The van der Waals surface area contributed by atoms with Crippen LogP contribution >= 0.6 is 0 Å². The molecule has 1 saturated heterocycles. The summed E-state index contributed by atoms with van der Waals surface area (Å²) in [4.78, 5) is 18.6. The van der Waals surface area contributed by atoms with Crippen LogP contribution in [0.15, 0.2) is 42.6 Å². The fourth-order valence-electron chi connectivity index (χ4n) is 2.65. The number of aromatic nitrogens is 1. The molecule has 138 valence electrons. The van der Waals surface area contributed by atoms with Crippen LogP contribution in [-0.4, -0.2) is 37.3 Å². The molecule has 2 aromatic rings. The second kappa shape index (κ2) is 7.74. The van der Waals surface area contributed by atoms with Crippen LogP contribution in [0.4, 0.5) is 19.0 Å². The highest BCUT2D eigenvalue weighted by Gasteiger charge is 2.30. The summed E-state index contributed by atoms with van der Waals surface area (Å²) < 4.78 is 48.8. The Morgan fingerprint density at radius 3 is 2.69 bits per heavy atom. The number of morpholine rings is 1. The van der Waals surface area contributed by atoms with E-state index in [1.807, 2.05) is 4.90 Å². The van der Waals surface area contributed by atoms with Crippen molar-refractivity contribution in [3.05, 3.63) is 59.3 Å². The normalized spacial score (nSPS) is 15.0. The number of ether oxygens (including phenoxy) is 2. The van der Waals surface area contributed by atoms with Crippen LogP contribution in [0.5, 0.6) is 0 Å². The van der Waals surface area contributed by atoms with Gasteiger partial charge in [-0.1, -0.05) is 12.1 Å². The fraction of sp³-hybridized carbons (Fsp3) is 0.333. The lowest BCUT2D eigenvalue weighted by molar-refractivity contribution is -0.137. The molecule has 26 heavy (non-hydrogen) atoms. The predicted octanol–water partition coefficient (Wildman–Crippen LogP) is 3.29. The second-order valence-corrected chi connectivity index (χ2v) is 5.75. The Morgan fingerprint density at radius 1 is 1.19 bits per heavy atom. The molecule has 0 aliphatic carbocycles. The van der Waals surface area contributed by atoms with Gasteiger partial charge in [-0.05, 0) is 29.8 Å². The van der Waals surface area contributed by atoms with Crippen LogP contribution in [0.2, 0.25) is 0 Å². The number of alkyl halides is 3. The lowest BCUT2D eigenvalue weighted by atomic mass is 10.1. The molecule has 0 atom stereocenters. The summed E-state index contributed by atoms with van der Waals surface area (Å²) in [6.07, 6.45) is -2.86. The third kappa shape index (κ3) is 4.32. The molecule has 3 rings (SSSR count). The molecule has 0 N–H and O–H groups in total. The maximum Gasteiger partial charge on any atom is 0.416 e. The minimum Gasteiger partial charge on any atom is -0.457 e. The van der Waals surface area contributed by atoms with Gasteiger partial charge in [-0.2, -0.15) is 13.2 Å². The van der Waals surface area contributed by atoms with Gasteiger partial charge in [0.2, 0.25) is 0 Å². The molecule has 8 heteroatoms. The molecule has 0 bridgehead atoms. The summed E-state index contributed by atoms with van der Waals surface area (Å²) >= 11 is 0. The number of hydrogen-bond acceptors (Lipinski definition) is 5. The standard InChI is InChI=1S/C18H17F3N2O3/c19-18(20,21)14-4-1-3-13(11-14)12-26-17(24)15-5-2-6-22-16(15)23-7-9-25-10-8-23/h1-6,11H,7-10,12H2. The SMILES string of the molecule is O=C(OCc1cccc(C(F)(F)F)c1)c1cccnc1N1CCOCC1. The fourth-order valence-corrected chi connectivity index (χ4v) is 2.65. The van der Waals surface area contributed by atoms with Crippen molar-refractivity contribution in [2.45, 2.75) is 12.8 Å². The number of nitrogens with zero attached hydrogens (tertiary/aromatic N) is 2. The van der Waals surface area contributed by atoms with Crippen molar-refractivity contribution in [1.29, 1.82) is 0 Å². The number of carbonyl (C=O) groups excluding carboxylic acids is 1. The van der Waals surface area contributed by atoms with Crippen LogP contribution < -0.4 is 4.90 Å². The van der Waals surface area contributed by atoms with Gasteiger partial charge in [-0.3, -0.25) is 0 Å². The van der Waals surface area contributed by atoms with Crippen molar-refractivity contribution in [2.75, 3.05) is 31.2 Å². The zero-order valence-corrected chi connectivity index (χ0v) is 13.8. The van der Waals surface area contributed by atoms with E-state index in [4.69, 9.17) is 9.47 Å². The van der Waals surface area contributed by atoms with Crippen LogP contribution in [0.3, 0.4) is 0 Å². The van der Waals surface area contributed by atoms with Crippen molar-refractivity contribution < 1.29 is 27.4 Å². The monoisotopic (exact) mass is 366 g/mol. The largest absolute Gasteiger partial charge is 0.457 e. The van der Waals surface area contributed by atoms with E-state index < -0.39 is 17.7 Å². The summed E-state index contributed by atoms with van der Waals surface area (Å²) in [5.41, 5.74) is -0.229. The van der Waals surface area contributed by atoms with Gasteiger partial charge >= 0.3 is 12.1 Å². The van der Waals surface area contributed by atoms with Gasteiger partial charge in [0.05, 0.1) is 18.8 Å². The van der Waals surface area contributed by atoms with E-state index in [0.717, 1.165) is 12.1 Å². The molecule has 0 radical (unpaired) electrons. The van der Waals surface area contributed by atoms with Gasteiger partial charge in [0.1, 0.15) is 18.0 Å². The number of benzene rings is 1. The van der Waals surface area contributed by atoms with Gasteiger partial charge < -0.3 is 14.4 Å². The molecule has 0 amide bonds. The number of anilines is 1. The topological polar surface area (TPSA) is 51.7 Å². The average Bonchev–Trinajstić information content (AvgIpc) is 2.66. The van der Waals surface area contributed by atoms with Gasteiger partial charge in [-0.25, -0.2) is 9.78 Å². The Bertz CT molecular complexity index is 774. The molecule has 1 aromatic heterocycles. The Kier molecular flexibility index (Phi) is 5.41. The van der Waals surface area contributed by atoms with Crippen LogP contribution in [0.1, 0.15) is 21.5 Å². The summed E-state index contributed by atoms with van der Waals surface area (Å²) in [6.45, 7) is 2.03. The lowest BCUT2D eigenvalue weighted by Crippen LogP contribution is -2.37. The van der Waals surface area contributed by atoms with Crippen molar-refractivity contribution in [3.8, 4) is 0 Å². The molecule has 2 heterocycles. The third-order valence-corrected chi connectivity index (χ3v) is 3.94. The average molecular weight is 366 g/mol. The minimum atomic E-state index is -4.44.